The summed E-state index contributed by atoms with van der Waals surface area (Å²) in [4.78, 5) is 6.85. The van der Waals surface area contributed by atoms with Gasteiger partial charge < -0.3 is 9.47 Å². The van der Waals surface area contributed by atoms with Gasteiger partial charge in [-0.15, -0.1) is 0 Å². The number of imidazole rings is 1. The normalized spacial score (nSPS) is 27.7. The van der Waals surface area contributed by atoms with Gasteiger partial charge in [-0.3, -0.25) is 0 Å². The zero-order valence-corrected chi connectivity index (χ0v) is 13.7. The lowest BCUT2D eigenvalue weighted by atomic mass is 10.1. The van der Waals surface area contributed by atoms with E-state index in [1.165, 1.54) is 12.8 Å². The van der Waals surface area contributed by atoms with Crippen LogP contribution in [0.4, 0.5) is 0 Å². The lowest BCUT2D eigenvalue weighted by molar-refractivity contribution is 0.236. The minimum Gasteiger partial charge on any atom is -0.333 e. The predicted octanol–water partition coefficient (Wildman–Crippen LogP) is 0.903. The van der Waals surface area contributed by atoms with Gasteiger partial charge in [0.1, 0.15) is 5.82 Å². The summed E-state index contributed by atoms with van der Waals surface area (Å²) in [6, 6.07) is 0. The van der Waals surface area contributed by atoms with Crippen molar-refractivity contribution in [3.05, 3.63) is 18.2 Å². The summed E-state index contributed by atoms with van der Waals surface area (Å²) in [7, 11) is -3.14. The van der Waals surface area contributed by atoms with Gasteiger partial charge in [-0.1, -0.05) is 0 Å². The number of nitrogens with zero attached hydrogens (tertiary/aromatic N) is 4. The summed E-state index contributed by atoms with van der Waals surface area (Å²) in [6.07, 6.45) is 7.96. The lowest BCUT2D eigenvalue weighted by Crippen LogP contribution is -2.39. The molecule has 6 nitrogen and oxygen atoms in total. The Kier molecular flexibility index (Phi) is 3.74. The van der Waals surface area contributed by atoms with E-state index >= 15 is 0 Å². The number of aromatic nitrogens is 2. The van der Waals surface area contributed by atoms with Crippen molar-refractivity contribution in [1.82, 2.24) is 18.8 Å². The number of sulfonamides is 1. The molecule has 3 heterocycles. The first-order valence-electron chi connectivity index (χ1n) is 8.34. The number of likely N-dealkylation sites (tertiary alicyclic amines) is 1. The molecule has 0 bridgehead atoms. The maximum atomic E-state index is 12.7. The zero-order chi connectivity index (χ0) is 15.2. The number of hydrogen-bond acceptors (Lipinski definition) is 4. The molecular formula is C15H24N4O2S. The minimum atomic E-state index is -3.14. The Balaban J connectivity index is 1.57. The fraction of sp³-hybridized carbons (Fsp3) is 0.800. The van der Waals surface area contributed by atoms with Crippen LogP contribution in [0.3, 0.4) is 0 Å². The second-order valence-electron chi connectivity index (χ2n) is 6.91. The van der Waals surface area contributed by atoms with E-state index in [-0.39, 0.29) is 5.25 Å². The van der Waals surface area contributed by atoms with Crippen LogP contribution < -0.4 is 0 Å². The van der Waals surface area contributed by atoms with Crippen LogP contribution >= 0.6 is 0 Å². The van der Waals surface area contributed by atoms with Crippen molar-refractivity contribution >= 4 is 10.0 Å². The van der Waals surface area contributed by atoms with Gasteiger partial charge in [-0.25, -0.2) is 13.4 Å². The third-order valence-electron chi connectivity index (χ3n) is 5.06. The Labute approximate surface area is 132 Å². The van der Waals surface area contributed by atoms with Crippen LogP contribution in [0.5, 0.6) is 0 Å². The van der Waals surface area contributed by atoms with E-state index in [4.69, 9.17) is 0 Å². The quantitative estimate of drug-likeness (QED) is 0.826. The molecule has 1 saturated carbocycles. The molecule has 3 aliphatic rings. The molecule has 1 atom stereocenters. The summed E-state index contributed by atoms with van der Waals surface area (Å²) in [6.45, 7) is 5.25. The Morgan fingerprint density at radius 3 is 2.68 bits per heavy atom. The summed E-state index contributed by atoms with van der Waals surface area (Å²) >= 11 is 0. The van der Waals surface area contributed by atoms with Crippen LogP contribution in [0.1, 0.15) is 31.5 Å². The number of hydrogen-bond donors (Lipinski definition) is 0. The van der Waals surface area contributed by atoms with Crippen LogP contribution in [0.25, 0.3) is 0 Å². The molecule has 0 aromatic carbocycles. The van der Waals surface area contributed by atoms with Gasteiger partial charge in [0.05, 0.1) is 11.8 Å². The van der Waals surface area contributed by atoms with E-state index < -0.39 is 10.0 Å². The molecule has 0 amide bonds. The highest BCUT2D eigenvalue weighted by Gasteiger charge is 2.42. The van der Waals surface area contributed by atoms with Crippen LogP contribution in [0.2, 0.25) is 0 Å². The number of rotatable bonds is 4. The minimum absolute atomic E-state index is 0.138. The third-order valence-corrected chi connectivity index (χ3v) is 7.37. The smallest absolute Gasteiger partial charge is 0.217 e. The molecule has 0 N–H and O–H groups in total. The topological polar surface area (TPSA) is 58.4 Å². The standard InChI is InChI=1S/C15H24N4O2S/c20-22(21,14-3-4-14)19-11-13(9-17-6-1-2-7-17)10-18-8-5-16-15(18)12-19/h5,8,13-14H,1-4,6-7,9-12H2. The van der Waals surface area contributed by atoms with Gasteiger partial charge in [0, 0.05) is 37.9 Å². The van der Waals surface area contributed by atoms with Crippen molar-refractivity contribution in [3.8, 4) is 0 Å². The summed E-state index contributed by atoms with van der Waals surface area (Å²) in [5, 5.41) is -0.138. The Hall–Kier alpha value is -0.920. The molecule has 1 aromatic heterocycles. The van der Waals surface area contributed by atoms with Crippen LogP contribution in [-0.2, 0) is 23.1 Å². The molecule has 0 spiro atoms. The molecule has 0 radical (unpaired) electrons. The first-order chi connectivity index (χ1) is 10.6. The van der Waals surface area contributed by atoms with Crippen molar-refractivity contribution < 1.29 is 8.42 Å². The first-order valence-corrected chi connectivity index (χ1v) is 9.84. The third kappa shape index (κ3) is 2.81. The zero-order valence-electron chi connectivity index (χ0n) is 12.9. The van der Waals surface area contributed by atoms with Gasteiger partial charge in [-0.2, -0.15) is 4.31 Å². The van der Waals surface area contributed by atoms with Gasteiger partial charge in [0.15, 0.2) is 0 Å². The van der Waals surface area contributed by atoms with E-state index in [0.29, 0.717) is 19.0 Å². The van der Waals surface area contributed by atoms with Crippen LogP contribution in [0, 0.1) is 5.92 Å². The first kappa shape index (κ1) is 14.7. The molecule has 122 valence electrons. The van der Waals surface area contributed by atoms with Crippen molar-refractivity contribution in [3.63, 3.8) is 0 Å². The predicted molar refractivity (Wildman–Crippen MR) is 83.7 cm³/mol. The highest BCUT2D eigenvalue weighted by atomic mass is 32.2. The average molecular weight is 324 g/mol. The molecule has 2 aliphatic heterocycles. The van der Waals surface area contributed by atoms with Crippen molar-refractivity contribution in [2.24, 2.45) is 5.92 Å². The maximum absolute atomic E-state index is 12.7. The largest absolute Gasteiger partial charge is 0.333 e. The van der Waals surface area contributed by atoms with E-state index in [0.717, 1.165) is 44.8 Å². The van der Waals surface area contributed by atoms with Crippen molar-refractivity contribution in [2.75, 3.05) is 26.2 Å². The fourth-order valence-electron chi connectivity index (χ4n) is 3.72. The Bertz CT molecular complexity index is 632. The molecule has 7 heteroatoms. The molecular weight excluding hydrogens is 300 g/mol. The Morgan fingerprint density at radius 2 is 1.95 bits per heavy atom. The number of fused-ring (bicyclic) bond motifs is 1. The Morgan fingerprint density at radius 1 is 1.18 bits per heavy atom. The fourth-order valence-corrected chi connectivity index (χ4v) is 5.59. The lowest BCUT2D eigenvalue weighted by Gasteiger charge is -2.26. The molecule has 1 aromatic rings. The highest BCUT2D eigenvalue weighted by molar-refractivity contribution is 7.90. The van der Waals surface area contributed by atoms with Crippen molar-refractivity contribution in [1.29, 1.82) is 0 Å². The molecule has 22 heavy (non-hydrogen) atoms. The van der Waals surface area contributed by atoms with E-state index in [1.54, 1.807) is 10.5 Å². The van der Waals surface area contributed by atoms with Gasteiger partial charge >= 0.3 is 0 Å². The molecule has 1 aliphatic carbocycles. The average Bonchev–Trinajstić information content (AvgIpc) is 3.14. The van der Waals surface area contributed by atoms with Gasteiger partial charge in [0.25, 0.3) is 0 Å². The van der Waals surface area contributed by atoms with Gasteiger partial charge in [-0.05, 0) is 38.8 Å². The van der Waals surface area contributed by atoms with Crippen LogP contribution in [-0.4, -0.2) is 58.6 Å². The van der Waals surface area contributed by atoms with Crippen LogP contribution in [0.15, 0.2) is 12.4 Å². The van der Waals surface area contributed by atoms with E-state index in [2.05, 4.69) is 14.5 Å². The maximum Gasteiger partial charge on any atom is 0.217 e. The molecule has 1 unspecified atom stereocenters. The van der Waals surface area contributed by atoms with Crippen molar-refractivity contribution in [2.45, 2.75) is 44.0 Å². The monoisotopic (exact) mass is 324 g/mol. The summed E-state index contributed by atoms with van der Waals surface area (Å²) in [5.41, 5.74) is 0. The summed E-state index contributed by atoms with van der Waals surface area (Å²) < 4.78 is 29.2. The summed E-state index contributed by atoms with van der Waals surface area (Å²) in [5.74, 6) is 1.23. The molecule has 2 fully saturated rings. The second-order valence-corrected chi connectivity index (χ2v) is 9.12. The highest BCUT2D eigenvalue weighted by Crippen LogP contribution is 2.33. The van der Waals surface area contributed by atoms with E-state index in [9.17, 15) is 8.42 Å². The molecule has 4 rings (SSSR count). The van der Waals surface area contributed by atoms with Gasteiger partial charge in [0.2, 0.25) is 10.0 Å². The van der Waals surface area contributed by atoms with E-state index in [1.807, 2.05) is 6.20 Å². The molecule has 1 saturated heterocycles. The second kappa shape index (κ2) is 5.62. The SMILES string of the molecule is O=S(=O)(C1CC1)N1Cc2nccn2CC(CN2CCCC2)C1.